The molecule has 0 unspecified atom stereocenters. The number of methoxy groups -OCH3 is 1. The molecule has 1 aliphatic rings. The van der Waals surface area contributed by atoms with Crippen molar-refractivity contribution in [1.82, 2.24) is 9.97 Å². The third kappa shape index (κ3) is 3.25. The fourth-order valence-corrected chi connectivity index (χ4v) is 3.02. The molecule has 0 atom stereocenters. The molecule has 9 heteroatoms. The Morgan fingerprint density at radius 1 is 1.21 bits per heavy atom. The summed E-state index contributed by atoms with van der Waals surface area (Å²) in [6.45, 7) is 2.67. The molecule has 1 fully saturated rings. The molecule has 2 heterocycles. The van der Waals surface area contributed by atoms with Crippen LogP contribution in [0.3, 0.4) is 0 Å². The Kier molecular flexibility index (Phi) is 4.79. The maximum atomic E-state index is 11.2. The Hall–Kier alpha value is -2.42. The highest BCUT2D eigenvalue weighted by Crippen LogP contribution is 2.29. The smallest absolute Gasteiger partial charge is 0.292 e. The molecule has 0 saturated carbocycles. The maximum absolute atomic E-state index is 11.2. The van der Waals surface area contributed by atoms with Crippen LogP contribution in [0.1, 0.15) is 0 Å². The van der Waals surface area contributed by atoms with E-state index in [0.717, 1.165) is 0 Å². The number of nitro groups is 1. The van der Waals surface area contributed by atoms with E-state index < -0.39 is 0 Å². The quantitative estimate of drug-likeness (QED) is 0.582. The average molecular weight is 394 g/mol. The predicted molar refractivity (Wildman–Crippen MR) is 93.8 cm³/mol. The summed E-state index contributed by atoms with van der Waals surface area (Å²) >= 11 is 3.34. The first kappa shape index (κ1) is 16.4. The second-order valence-corrected chi connectivity index (χ2v) is 6.10. The lowest BCUT2D eigenvalue weighted by molar-refractivity contribution is -0.384. The molecule has 0 aliphatic carbocycles. The summed E-state index contributed by atoms with van der Waals surface area (Å²) in [6, 6.07) is 6.81. The average Bonchev–Trinajstić information content (AvgIpc) is 2.62. The van der Waals surface area contributed by atoms with Gasteiger partial charge in [-0.1, -0.05) is 12.1 Å². The molecule has 0 radical (unpaired) electrons. The van der Waals surface area contributed by atoms with Gasteiger partial charge in [0, 0.05) is 32.2 Å². The van der Waals surface area contributed by atoms with Crippen LogP contribution in [0.2, 0.25) is 0 Å². The maximum Gasteiger partial charge on any atom is 0.292 e. The van der Waals surface area contributed by atoms with E-state index in [1.807, 2.05) is 15.9 Å². The van der Waals surface area contributed by atoms with Crippen molar-refractivity contribution >= 4 is 33.3 Å². The summed E-state index contributed by atoms with van der Waals surface area (Å²) in [5.41, 5.74) is 0.781. The lowest BCUT2D eigenvalue weighted by Crippen LogP contribution is -2.47. The summed E-state index contributed by atoms with van der Waals surface area (Å²) in [5, 5.41) is 11.2. The van der Waals surface area contributed by atoms with Gasteiger partial charge in [-0.25, -0.2) is 4.98 Å². The van der Waals surface area contributed by atoms with Gasteiger partial charge in [-0.3, -0.25) is 10.1 Å². The zero-order chi connectivity index (χ0) is 17.1. The number of nitrogens with zero attached hydrogens (tertiary/aromatic N) is 5. The molecule has 1 aliphatic heterocycles. The number of anilines is 2. The topological polar surface area (TPSA) is 84.6 Å². The number of rotatable bonds is 4. The van der Waals surface area contributed by atoms with Gasteiger partial charge in [0.05, 0.1) is 22.7 Å². The standard InChI is InChI=1S/C15H16BrN5O3/c1-24-14-11(16)10-17-15(18-14)20-8-6-19(7-9-20)12-4-2-3-5-13(12)21(22)23/h2-5,10H,6-9H2,1H3. The van der Waals surface area contributed by atoms with Gasteiger partial charge in [0.15, 0.2) is 0 Å². The van der Waals surface area contributed by atoms with Gasteiger partial charge in [0.1, 0.15) is 5.69 Å². The van der Waals surface area contributed by atoms with Gasteiger partial charge in [-0.05, 0) is 22.0 Å². The molecule has 126 valence electrons. The van der Waals surface area contributed by atoms with Crippen LogP contribution >= 0.6 is 15.9 Å². The molecule has 1 aromatic heterocycles. The summed E-state index contributed by atoms with van der Waals surface area (Å²) < 4.78 is 5.90. The molecule has 0 N–H and O–H groups in total. The Bertz CT molecular complexity index is 750. The van der Waals surface area contributed by atoms with Crippen LogP contribution in [0, 0.1) is 10.1 Å². The molecule has 3 rings (SSSR count). The van der Waals surface area contributed by atoms with Crippen molar-refractivity contribution in [2.45, 2.75) is 0 Å². The van der Waals surface area contributed by atoms with Crippen LogP contribution in [0.15, 0.2) is 34.9 Å². The lowest BCUT2D eigenvalue weighted by Gasteiger charge is -2.35. The fraction of sp³-hybridized carbons (Fsp3) is 0.333. The molecule has 0 bridgehead atoms. The minimum absolute atomic E-state index is 0.132. The largest absolute Gasteiger partial charge is 0.480 e. The van der Waals surface area contributed by atoms with Gasteiger partial charge >= 0.3 is 0 Å². The van der Waals surface area contributed by atoms with Crippen molar-refractivity contribution in [2.75, 3.05) is 43.1 Å². The number of aromatic nitrogens is 2. The third-order valence-electron chi connectivity index (χ3n) is 3.87. The Labute approximate surface area is 147 Å². The number of piperazine rings is 1. The SMILES string of the molecule is COc1nc(N2CCN(c3ccccc3[N+](=O)[O-])CC2)ncc1Br. The number of benzene rings is 1. The first-order valence-electron chi connectivity index (χ1n) is 7.40. The summed E-state index contributed by atoms with van der Waals surface area (Å²) in [6.07, 6.45) is 1.66. The van der Waals surface area contributed by atoms with E-state index in [-0.39, 0.29) is 10.6 Å². The minimum Gasteiger partial charge on any atom is -0.480 e. The zero-order valence-corrected chi connectivity index (χ0v) is 14.6. The normalized spacial score (nSPS) is 14.6. The van der Waals surface area contributed by atoms with Crippen molar-refractivity contribution in [3.8, 4) is 5.88 Å². The molecular formula is C15H16BrN5O3. The highest BCUT2D eigenvalue weighted by atomic mass is 79.9. The Morgan fingerprint density at radius 2 is 1.88 bits per heavy atom. The molecule has 8 nitrogen and oxygen atoms in total. The van der Waals surface area contributed by atoms with E-state index in [1.54, 1.807) is 25.4 Å². The van der Waals surface area contributed by atoms with Crippen LogP contribution in [0.4, 0.5) is 17.3 Å². The van der Waals surface area contributed by atoms with E-state index in [1.165, 1.54) is 6.07 Å². The van der Waals surface area contributed by atoms with Crippen LogP contribution in [-0.2, 0) is 0 Å². The van der Waals surface area contributed by atoms with Gasteiger partial charge in [0.25, 0.3) is 5.69 Å². The van der Waals surface area contributed by atoms with Crippen molar-refractivity contribution in [2.24, 2.45) is 0 Å². The van der Waals surface area contributed by atoms with E-state index in [0.29, 0.717) is 48.2 Å². The van der Waals surface area contributed by atoms with E-state index >= 15 is 0 Å². The minimum atomic E-state index is -0.343. The Balaban J connectivity index is 1.74. The monoisotopic (exact) mass is 393 g/mol. The van der Waals surface area contributed by atoms with Crippen LogP contribution in [0.5, 0.6) is 5.88 Å². The van der Waals surface area contributed by atoms with Crippen LogP contribution < -0.4 is 14.5 Å². The third-order valence-corrected chi connectivity index (χ3v) is 4.42. The summed E-state index contributed by atoms with van der Waals surface area (Å²) in [7, 11) is 1.56. The fourth-order valence-electron chi connectivity index (χ4n) is 2.67. The highest BCUT2D eigenvalue weighted by Gasteiger charge is 2.24. The van der Waals surface area contributed by atoms with Crippen LogP contribution in [0.25, 0.3) is 0 Å². The molecule has 0 amide bonds. The number of ether oxygens (including phenoxy) is 1. The van der Waals surface area contributed by atoms with Gasteiger partial charge in [0.2, 0.25) is 11.8 Å². The van der Waals surface area contributed by atoms with Crippen molar-refractivity contribution in [3.05, 3.63) is 45.0 Å². The number of nitro benzene ring substituents is 1. The van der Waals surface area contributed by atoms with Gasteiger partial charge < -0.3 is 14.5 Å². The van der Waals surface area contributed by atoms with Gasteiger partial charge in [-0.15, -0.1) is 0 Å². The molecular weight excluding hydrogens is 378 g/mol. The molecule has 24 heavy (non-hydrogen) atoms. The number of para-hydroxylation sites is 2. The van der Waals surface area contributed by atoms with E-state index in [4.69, 9.17) is 4.74 Å². The summed E-state index contributed by atoms with van der Waals surface area (Å²) in [4.78, 5) is 23.6. The second-order valence-electron chi connectivity index (χ2n) is 5.25. The first-order chi connectivity index (χ1) is 11.6. The number of halogens is 1. The van der Waals surface area contributed by atoms with Crippen molar-refractivity contribution < 1.29 is 9.66 Å². The Morgan fingerprint density at radius 3 is 2.54 bits per heavy atom. The molecule has 0 spiro atoms. The van der Waals surface area contributed by atoms with Crippen molar-refractivity contribution in [1.29, 1.82) is 0 Å². The van der Waals surface area contributed by atoms with E-state index in [2.05, 4.69) is 25.9 Å². The molecule has 1 saturated heterocycles. The molecule has 1 aromatic carbocycles. The highest BCUT2D eigenvalue weighted by molar-refractivity contribution is 9.10. The van der Waals surface area contributed by atoms with E-state index in [9.17, 15) is 10.1 Å². The van der Waals surface area contributed by atoms with Gasteiger partial charge in [-0.2, -0.15) is 4.98 Å². The lowest BCUT2D eigenvalue weighted by atomic mass is 10.2. The number of hydrogen-bond donors (Lipinski definition) is 0. The second kappa shape index (κ2) is 7.00. The zero-order valence-electron chi connectivity index (χ0n) is 13.1. The molecule has 2 aromatic rings. The van der Waals surface area contributed by atoms with Crippen molar-refractivity contribution in [3.63, 3.8) is 0 Å². The predicted octanol–water partition coefficient (Wildman–Crippen LogP) is 2.48. The summed E-state index contributed by atoms with van der Waals surface area (Å²) in [5.74, 6) is 1.08. The van der Waals surface area contributed by atoms with Crippen LogP contribution in [-0.4, -0.2) is 48.2 Å². The first-order valence-corrected chi connectivity index (χ1v) is 8.19. The number of hydrogen-bond acceptors (Lipinski definition) is 7.